The molecule has 1 fully saturated rings. The van der Waals surface area contributed by atoms with Crippen molar-refractivity contribution in [1.82, 2.24) is 9.97 Å². The highest BCUT2D eigenvalue weighted by molar-refractivity contribution is 6.63. The predicted molar refractivity (Wildman–Crippen MR) is 152 cm³/mol. The van der Waals surface area contributed by atoms with Gasteiger partial charge >= 0.3 is 7.12 Å². The van der Waals surface area contributed by atoms with Crippen LogP contribution in [-0.4, -0.2) is 28.3 Å². The molecule has 4 aromatic carbocycles. The van der Waals surface area contributed by atoms with Gasteiger partial charge in [-0.25, -0.2) is 9.97 Å². The van der Waals surface area contributed by atoms with Crippen molar-refractivity contribution in [3.63, 3.8) is 0 Å². The Kier molecular flexibility index (Phi) is 5.71. The molecule has 2 heterocycles. The summed E-state index contributed by atoms with van der Waals surface area (Å²) in [6.45, 7) is 8.33. The maximum Gasteiger partial charge on any atom is 0.495 e. The highest BCUT2D eigenvalue weighted by Crippen LogP contribution is 2.37. The van der Waals surface area contributed by atoms with E-state index < -0.39 is 7.12 Å². The van der Waals surface area contributed by atoms with E-state index in [1.807, 2.05) is 54.6 Å². The molecule has 0 N–H and O–H groups in total. The minimum absolute atomic E-state index is 0.390. The molecule has 1 saturated heterocycles. The summed E-state index contributed by atoms with van der Waals surface area (Å²) >= 11 is 0. The number of fused-ring (bicyclic) bond motifs is 1. The molecule has 182 valence electrons. The molecule has 6 rings (SSSR count). The van der Waals surface area contributed by atoms with Crippen molar-refractivity contribution in [3.05, 3.63) is 103 Å². The molecule has 5 heteroatoms. The predicted octanol–water partition coefficient (Wildman–Crippen LogP) is 6.93. The van der Waals surface area contributed by atoms with Crippen LogP contribution in [0, 0.1) is 0 Å². The Bertz CT molecular complexity index is 1560. The molecule has 0 atom stereocenters. The summed E-state index contributed by atoms with van der Waals surface area (Å²) in [6.07, 6.45) is 0. The van der Waals surface area contributed by atoms with E-state index in [1.165, 1.54) is 0 Å². The molecule has 1 aliphatic heterocycles. The molecule has 0 aliphatic carbocycles. The smallest absolute Gasteiger partial charge is 0.399 e. The summed E-state index contributed by atoms with van der Waals surface area (Å²) in [4.78, 5) is 9.84. The largest absolute Gasteiger partial charge is 0.495 e. The standard InChI is InChI=1S/C32H29BN2O2/c1-31(2)32(3,4)37-33(36-31)27-16-10-8-14-25(27)22-18-20-23(21-19-22)29-26-15-9-11-17-28(26)34-30(35-29)24-12-6-5-7-13-24/h5-21H,1-4H3. The van der Waals surface area contributed by atoms with Crippen LogP contribution in [0.4, 0.5) is 0 Å². The Morgan fingerprint density at radius 3 is 1.89 bits per heavy atom. The Hall–Kier alpha value is -3.80. The highest BCUT2D eigenvalue weighted by atomic mass is 16.7. The maximum absolute atomic E-state index is 6.37. The quantitative estimate of drug-likeness (QED) is 0.260. The Morgan fingerprint density at radius 1 is 0.568 bits per heavy atom. The molecular weight excluding hydrogens is 455 g/mol. The van der Waals surface area contributed by atoms with Crippen molar-refractivity contribution < 1.29 is 9.31 Å². The Balaban J connectivity index is 1.40. The number of aromatic nitrogens is 2. The zero-order chi connectivity index (χ0) is 25.6. The number of rotatable bonds is 4. The molecule has 0 bridgehead atoms. The van der Waals surface area contributed by atoms with Crippen LogP contribution in [0.15, 0.2) is 103 Å². The van der Waals surface area contributed by atoms with Crippen LogP contribution in [0.25, 0.3) is 44.7 Å². The van der Waals surface area contributed by atoms with Gasteiger partial charge in [0.25, 0.3) is 0 Å². The summed E-state index contributed by atoms with van der Waals surface area (Å²) in [5, 5.41) is 1.03. The zero-order valence-electron chi connectivity index (χ0n) is 21.6. The van der Waals surface area contributed by atoms with Gasteiger partial charge in [0.15, 0.2) is 5.82 Å². The van der Waals surface area contributed by atoms with E-state index in [4.69, 9.17) is 19.3 Å². The number of para-hydroxylation sites is 1. The first-order valence-corrected chi connectivity index (χ1v) is 12.7. The number of hydrogen-bond acceptors (Lipinski definition) is 4. The molecule has 0 saturated carbocycles. The van der Waals surface area contributed by atoms with Crippen LogP contribution in [0.1, 0.15) is 27.7 Å². The first kappa shape index (κ1) is 23.6. The average molecular weight is 484 g/mol. The van der Waals surface area contributed by atoms with Gasteiger partial charge in [-0.1, -0.05) is 97.1 Å². The van der Waals surface area contributed by atoms with Gasteiger partial charge in [0.1, 0.15) is 0 Å². The maximum atomic E-state index is 6.37. The van der Waals surface area contributed by atoms with Gasteiger partial charge in [-0.2, -0.15) is 0 Å². The minimum atomic E-state index is -0.417. The summed E-state index contributed by atoms with van der Waals surface area (Å²) < 4.78 is 12.7. The van der Waals surface area contributed by atoms with Crippen molar-refractivity contribution in [2.45, 2.75) is 38.9 Å². The zero-order valence-corrected chi connectivity index (χ0v) is 21.6. The summed E-state index contributed by atoms with van der Waals surface area (Å²) in [5.41, 5.74) is 6.37. The van der Waals surface area contributed by atoms with Gasteiger partial charge in [0.05, 0.1) is 22.4 Å². The molecule has 0 radical (unpaired) electrons. The second-order valence-corrected chi connectivity index (χ2v) is 10.5. The Labute approximate surface area is 218 Å². The fraction of sp³-hybridized carbons (Fsp3) is 0.188. The lowest BCUT2D eigenvalue weighted by atomic mass is 9.74. The second-order valence-electron chi connectivity index (χ2n) is 10.5. The van der Waals surface area contributed by atoms with Crippen molar-refractivity contribution in [3.8, 4) is 33.8 Å². The van der Waals surface area contributed by atoms with Gasteiger partial charge in [-0.05, 0) is 50.4 Å². The highest BCUT2D eigenvalue weighted by Gasteiger charge is 2.52. The third-order valence-corrected chi connectivity index (χ3v) is 7.57. The number of benzene rings is 4. The molecule has 0 spiro atoms. The first-order chi connectivity index (χ1) is 17.8. The number of hydrogen-bond donors (Lipinski definition) is 0. The second kappa shape index (κ2) is 8.95. The summed E-state index contributed by atoms with van der Waals surface area (Å²) in [7, 11) is -0.417. The fourth-order valence-corrected chi connectivity index (χ4v) is 4.76. The topological polar surface area (TPSA) is 44.2 Å². The van der Waals surface area contributed by atoms with E-state index in [1.54, 1.807) is 0 Å². The van der Waals surface area contributed by atoms with Crippen LogP contribution < -0.4 is 5.46 Å². The van der Waals surface area contributed by atoms with E-state index in [-0.39, 0.29) is 11.2 Å². The van der Waals surface area contributed by atoms with Gasteiger partial charge in [0, 0.05) is 16.5 Å². The van der Waals surface area contributed by atoms with Gasteiger partial charge in [0.2, 0.25) is 0 Å². The van der Waals surface area contributed by atoms with Gasteiger partial charge < -0.3 is 9.31 Å². The molecule has 37 heavy (non-hydrogen) atoms. The van der Waals surface area contributed by atoms with Crippen molar-refractivity contribution in [1.29, 1.82) is 0 Å². The number of nitrogens with zero attached hydrogens (tertiary/aromatic N) is 2. The Morgan fingerprint density at radius 2 is 1.16 bits per heavy atom. The third kappa shape index (κ3) is 4.24. The van der Waals surface area contributed by atoms with E-state index >= 15 is 0 Å². The molecular formula is C32H29BN2O2. The van der Waals surface area contributed by atoms with E-state index in [0.29, 0.717) is 0 Å². The van der Waals surface area contributed by atoms with E-state index in [0.717, 1.165) is 50.1 Å². The molecule has 1 aliphatic rings. The molecule has 0 unspecified atom stereocenters. The van der Waals surface area contributed by atoms with Crippen LogP contribution in [0.2, 0.25) is 0 Å². The van der Waals surface area contributed by atoms with Crippen LogP contribution in [0.3, 0.4) is 0 Å². The van der Waals surface area contributed by atoms with E-state index in [2.05, 4.69) is 76.2 Å². The van der Waals surface area contributed by atoms with Gasteiger partial charge in [-0.3, -0.25) is 0 Å². The lowest BCUT2D eigenvalue weighted by Gasteiger charge is -2.32. The first-order valence-electron chi connectivity index (χ1n) is 12.7. The van der Waals surface area contributed by atoms with Crippen LogP contribution in [0.5, 0.6) is 0 Å². The van der Waals surface area contributed by atoms with Crippen molar-refractivity contribution in [2.75, 3.05) is 0 Å². The van der Waals surface area contributed by atoms with Crippen molar-refractivity contribution in [2.24, 2.45) is 0 Å². The molecule has 0 amide bonds. The van der Waals surface area contributed by atoms with Crippen molar-refractivity contribution >= 4 is 23.5 Å². The summed E-state index contributed by atoms with van der Waals surface area (Å²) in [5.74, 6) is 0.726. The summed E-state index contributed by atoms with van der Waals surface area (Å²) in [6, 6.07) is 35.2. The normalized spacial score (nSPS) is 16.3. The lowest BCUT2D eigenvalue weighted by molar-refractivity contribution is 0.00578. The molecule has 5 aromatic rings. The van der Waals surface area contributed by atoms with Crippen LogP contribution in [-0.2, 0) is 9.31 Å². The fourth-order valence-electron chi connectivity index (χ4n) is 4.76. The van der Waals surface area contributed by atoms with E-state index in [9.17, 15) is 0 Å². The average Bonchev–Trinajstić information content (AvgIpc) is 3.15. The van der Waals surface area contributed by atoms with Crippen LogP contribution >= 0.6 is 0 Å². The SMILES string of the molecule is CC1(C)OB(c2ccccc2-c2ccc(-c3nc(-c4ccccc4)nc4ccccc34)cc2)OC1(C)C. The minimum Gasteiger partial charge on any atom is -0.399 e. The molecule has 4 nitrogen and oxygen atoms in total. The third-order valence-electron chi connectivity index (χ3n) is 7.57. The van der Waals surface area contributed by atoms with Gasteiger partial charge in [-0.15, -0.1) is 0 Å². The molecule has 1 aromatic heterocycles. The monoisotopic (exact) mass is 484 g/mol. The lowest BCUT2D eigenvalue weighted by Crippen LogP contribution is -2.41.